The first-order valence-corrected chi connectivity index (χ1v) is 8.60. The van der Waals surface area contributed by atoms with Gasteiger partial charge in [0.15, 0.2) is 5.65 Å². The van der Waals surface area contributed by atoms with Crippen molar-refractivity contribution in [2.75, 3.05) is 0 Å². The molecule has 2 heterocycles. The van der Waals surface area contributed by atoms with E-state index in [1.807, 2.05) is 0 Å². The molecule has 3 rings (SSSR count). The molecule has 0 spiro atoms. The summed E-state index contributed by atoms with van der Waals surface area (Å²) >= 11 is 1.04. The highest BCUT2D eigenvalue weighted by Gasteiger charge is 2.30. The molecule has 1 aliphatic carbocycles. The summed E-state index contributed by atoms with van der Waals surface area (Å²) < 4.78 is 2.31. The highest BCUT2D eigenvalue weighted by atomic mass is 32.2. The first-order chi connectivity index (χ1) is 11.3. The Morgan fingerprint density at radius 1 is 1.29 bits per heavy atom. The van der Waals surface area contributed by atoms with Crippen molar-refractivity contribution in [1.82, 2.24) is 19.1 Å². The Bertz CT molecular complexity index is 945. The van der Waals surface area contributed by atoms with Crippen LogP contribution in [-0.2, 0) is 18.9 Å². The number of fused-ring (bicyclic) bond motifs is 1. The lowest BCUT2D eigenvalue weighted by molar-refractivity contribution is -0.136. The molecule has 8 nitrogen and oxygen atoms in total. The van der Waals surface area contributed by atoms with Gasteiger partial charge in [-0.25, -0.2) is 14.8 Å². The van der Waals surface area contributed by atoms with Crippen molar-refractivity contribution in [3.8, 4) is 0 Å². The van der Waals surface area contributed by atoms with Crippen LogP contribution in [0, 0.1) is 0 Å². The monoisotopic (exact) mass is 350 g/mol. The summed E-state index contributed by atoms with van der Waals surface area (Å²) in [5.41, 5.74) is -0.699. The summed E-state index contributed by atoms with van der Waals surface area (Å²) in [4.78, 5) is 45.0. The van der Waals surface area contributed by atoms with Crippen LogP contribution >= 0.6 is 11.8 Å². The van der Waals surface area contributed by atoms with Crippen LogP contribution in [0.1, 0.15) is 37.9 Å². The lowest BCUT2D eigenvalue weighted by Gasteiger charge is -2.14. The van der Waals surface area contributed by atoms with E-state index in [0.717, 1.165) is 29.2 Å². The van der Waals surface area contributed by atoms with Crippen LogP contribution in [0.4, 0.5) is 0 Å². The molecule has 0 saturated heterocycles. The molecule has 24 heavy (non-hydrogen) atoms. The van der Waals surface area contributed by atoms with Gasteiger partial charge in [0.1, 0.15) is 21.5 Å². The minimum absolute atomic E-state index is 0.203. The molecule has 128 valence electrons. The van der Waals surface area contributed by atoms with Crippen molar-refractivity contribution >= 4 is 28.8 Å². The third-order valence-electron chi connectivity index (χ3n) is 4.13. The fraction of sp³-hybridized carbons (Fsp3) is 0.533. The summed E-state index contributed by atoms with van der Waals surface area (Å²) in [6.45, 7) is 1.77. The van der Waals surface area contributed by atoms with Crippen LogP contribution < -0.4 is 11.2 Å². The number of hydrogen-bond donors (Lipinski definition) is 1. The number of carbonyl (C=O) groups is 1. The van der Waals surface area contributed by atoms with Crippen molar-refractivity contribution in [2.45, 2.75) is 42.4 Å². The molecule has 1 N–H and O–H groups in total. The van der Waals surface area contributed by atoms with Crippen molar-refractivity contribution in [2.24, 2.45) is 14.1 Å². The van der Waals surface area contributed by atoms with E-state index in [4.69, 9.17) is 0 Å². The molecule has 0 amide bonds. The van der Waals surface area contributed by atoms with Crippen LogP contribution in [0.25, 0.3) is 11.0 Å². The van der Waals surface area contributed by atoms with Gasteiger partial charge in [-0.3, -0.25) is 18.7 Å². The van der Waals surface area contributed by atoms with E-state index in [0.29, 0.717) is 17.3 Å². The van der Waals surface area contributed by atoms with Gasteiger partial charge in [-0.2, -0.15) is 0 Å². The smallest absolute Gasteiger partial charge is 0.332 e. The summed E-state index contributed by atoms with van der Waals surface area (Å²) in [6, 6.07) is 0. The van der Waals surface area contributed by atoms with Gasteiger partial charge < -0.3 is 5.11 Å². The Morgan fingerprint density at radius 3 is 2.50 bits per heavy atom. The lowest BCUT2D eigenvalue weighted by Crippen LogP contribution is -2.38. The Morgan fingerprint density at radius 2 is 1.96 bits per heavy atom. The first-order valence-electron chi connectivity index (χ1n) is 7.72. The second-order valence-electron chi connectivity index (χ2n) is 5.92. The van der Waals surface area contributed by atoms with Gasteiger partial charge in [-0.1, -0.05) is 18.7 Å². The zero-order chi connectivity index (χ0) is 17.6. The molecule has 0 bridgehead atoms. The van der Waals surface area contributed by atoms with Crippen LogP contribution in [-0.4, -0.2) is 35.4 Å². The van der Waals surface area contributed by atoms with Crippen LogP contribution in [0.5, 0.6) is 0 Å². The molecular weight excluding hydrogens is 332 g/mol. The van der Waals surface area contributed by atoms with E-state index in [2.05, 4.69) is 9.97 Å². The van der Waals surface area contributed by atoms with Crippen molar-refractivity contribution in [3.05, 3.63) is 26.7 Å². The fourth-order valence-corrected chi connectivity index (χ4v) is 3.48. The average molecular weight is 350 g/mol. The van der Waals surface area contributed by atoms with E-state index >= 15 is 0 Å². The molecule has 9 heteroatoms. The van der Waals surface area contributed by atoms with Gasteiger partial charge in [0.25, 0.3) is 5.56 Å². The predicted molar refractivity (Wildman–Crippen MR) is 89.6 cm³/mol. The molecule has 0 aliphatic heterocycles. The summed E-state index contributed by atoms with van der Waals surface area (Å²) in [5, 5.41) is 9.15. The number of carboxylic acid groups (broad SMARTS) is 1. The molecule has 2 aromatic heterocycles. The summed E-state index contributed by atoms with van der Waals surface area (Å²) in [6.07, 6.45) is 2.32. The Kier molecular flexibility index (Phi) is 4.20. The van der Waals surface area contributed by atoms with Crippen molar-refractivity contribution < 1.29 is 9.90 Å². The maximum atomic E-state index is 12.6. The lowest BCUT2D eigenvalue weighted by atomic mass is 10.3. The zero-order valence-corrected chi connectivity index (χ0v) is 14.5. The number of aromatic nitrogens is 4. The standard InChI is InChI=1S/C15H18N4O4S/c1-4-8(14(21)22)24-12-9-11(16-10(17-12)7-5-6-7)18(2)15(23)19(3)13(9)20/h7-8H,4-6H2,1-3H3,(H,21,22)/t8-/m0/s1. The number of thioether (sulfide) groups is 1. The van der Waals surface area contributed by atoms with Crippen LogP contribution in [0.2, 0.25) is 0 Å². The second kappa shape index (κ2) is 6.04. The molecule has 0 radical (unpaired) electrons. The third kappa shape index (κ3) is 2.72. The molecule has 0 aromatic carbocycles. The predicted octanol–water partition coefficient (Wildman–Crippen LogP) is 0.860. The summed E-state index contributed by atoms with van der Waals surface area (Å²) in [5.74, 6) is -0.157. The number of rotatable bonds is 5. The Labute approximate surface area is 141 Å². The number of hydrogen-bond acceptors (Lipinski definition) is 6. The maximum Gasteiger partial charge on any atom is 0.332 e. The van der Waals surface area contributed by atoms with Gasteiger partial charge in [-0.05, 0) is 19.3 Å². The topological polar surface area (TPSA) is 107 Å². The second-order valence-corrected chi connectivity index (χ2v) is 7.11. The molecule has 0 unspecified atom stereocenters. The maximum absolute atomic E-state index is 12.6. The number of carboxylic acids is 1. The quantitative estimate of drug-likeness (QED) is 0.629. The average Bonchev–Trinajstić information content (AvgIpc) is 3.39. The highest BCUT2D eigenvalue weighted by Crippen LogP contribution is 2.39. The largest absolute Gasteiger partial charge is 0.480 e. The van der Waals surface area contributed by atoms with E-state index in [1.165, 1.54) is 11.6 Å². The number of aryl methyl sites for hydroxylation is 1. The minimum Gasteiger partial charge on any atom is -0.480 e. The van der Waals surface area contributed by atoms with E-state index in [-0.39, 0.29) is 17.0 Å². The molecule has 1 fully saturated rings. The first kappa shape index (κ1) is 16.7. The molecule has 1 aliphatic rings. The zero-order valence-electron chi connectivity index (χ0n) is 13.6. The normalized spacial score (nSPS) is 15.6. The molecule has 1 saturated carbocycles. The van der Waals surface area contributed by atoms with Crippen molar-refractivity contribution in [3.63, 3.8) is 0 Å². The van der Waals surface area contributed by atoms with Crippen LogP contribution in [0.3, 0.4) is 0 Å². The highest BCUT2D eigenvalue weighted by molar-refractivity contribution is 8.00. The Balaban J connectivity index is 2.31. The van der Waals surface area contributed by atoms with E-state index in [1.54, 1.807) is 14.0 Å². The van der Waals surface area contributed by atoms with Gasteiger partial charge in [0.05, 0.1) is 0 Å². The fourth-order valence-electron chi connectivity index (χ4n) is 2.50. The SMILES string of the molecule is CC[C@H](Sc1nc(C2CC2)nc2c1c(=O)n(C)c(=O)n2C)C(=O)O. The summed E-state index contributed by atoms with van der Waals surface area (Å²) in [7, 11) is 2.94. The van der Waals surface area contributed by atoms with Gasteiger partial charge in [-0.15, -0.1) is 0 Å². The van der Waals surface area contributed by atoms with E-state index < -0.39 is 22.5 Å². The molecular formula is C15H18N4O4S. The van der Waals surface area contributed by atoms with Gasteiger partial charge in [0.2, 0.25) is 0 Å². The Hall–Kier alpha value is -2.16. The molecule has 1 atom stereocenters. The minimum atomic E-state index is -0.955. The van der Waals surface area contributed by atoms with Crippen LogP contribution in [0.15, 0.2) is 14.6 Å². The third-order valence-corrected chi connectivity index (χ3v) is 5.46. The number of aliphatic carboxylic acids is 1. The van der Waals surface area contributed by atoms with Crippen molar-refractivity contribution in [1.29, 1.82) is 0 Å². The van der Waals surface area contributed by atoms with Gasteiger partial charge in [0, 0.05) is 20.0 Å². The molecule has 2 aromatic rings. The number of nitrogens with zero attached hydrogens (tertiary/aromatic N) is 4. The van der Waals surface area contributed by atoms with Gasteiger partial charge >= 0.3 is 11.7 Å². The van der Waals surface area contributed by atoms with E-state index in [9.17, 15) is 19.5 Å².